The smallest absolute Gasteiger partial charge is 0.123 e. The zero-order valence-corrected chi connectivity index (χ0v) is 13.0. The van der Waals surface area contributed by atoms with Crippen molar-refractivity contribution in [1.82, 2.24) is 0 Å². The fraction of sp³-hybridized carbons (Fsp3) is 0.647. The molecular formula is C17H28N2O. The molecule has 1 aliphatic rings. The van der Waals surface area contributed by atoms with Crippen molar-refractivity contribution < 1.29 is 4.74 Å². The van der Waals surface area contributed by atoms with Crippen LogP contribution in [0.1, 0.15) is 52.9 Å². The molecule has 3 heteroatoms. The SMILES string of the molecule is CCCOc1cc(N)cc(NC2CCCCC2(C)C)c1. The van der Waals surface area contributed by atoms with Crippen LogP contribution in [-0.2, 0) is 0 Å². The van der Waals surface area contributed by atoms with Gasteiger partial charge in [-0.25, -0.2) is 0 Å². The minimum absolute atomic E-state index is 0.341. The third kappa shape index (κ3) is 3.81. The van der Waals surface area contributed by atoms with Gasteiger partial charge < -0.3 is 15.8 Å². The highest BCUT2D eigenvalue weighted by molar-refractivity contribution is 5.59. The molecule has 3 nitrogen and oxygen atoms in total. The first-order chi connectivity index (χ1) is 9.51. The predicted octanol–water partition coefficient (Wildman–Crippen LogP) is 4.44. The Balaban J connectivity index is 2.09. The minimum atomic E-state index is 0.341. The molecule has 1 atom stereocenters. The zero-order valence-electron chi connectivity index (χ0n) is 13.0. The van der Waals surface area contributed by atoms with E-state index in [0.29, 0.717) is 11.5 Å². The molecule has 0 aromatic heterocycles. The van der Waals surface area contributed by atoms with Crippen LogP contribution in [0.25, 0.3) is 0 Å². The average Bonchev–Trinajstić information content (AvgIpc) is 2.38. The number of ether oxygens (including phenoxy) is 1. The molecule has 0 aliphatic heterocycles. The summed E-state index contributed by atoms with van der Waals surface area (Å²) in [6, 6.07) is 6.48. The Morgan fingerprint density at radius 3 is 2.80 bits per heavy atom. The third-order valence-corrected chi connectivity index (χ3v) is 4.25. The summed E-state index contributed by atoms with van der Waals surface area (Å²) in [5, 5.41) is 3.67. The maximum Gasteiger partial charge on any atom is 0.123 e. The molecule has 1 aliphatic carbocycles. The number of hydrogen-bond acceptors (Lipinski definition) is 3. The van der Waals surface area contributed by atoms with Gasteiger partial charge in [-0.3, -0.25) is 0 Å². The van der Waals surface area contributed by atoms with Crippen LogP contribution in [0.4, 0.5) is 11.4 Å². The van der Waals surface area contributed by atoms with Crippen molar-refractivity contribution in [3.05, 3.63) is 18.2 Å². The van der Waals surface area contributed by atoms with Crippen LogP contribution in [0.15, 0.2) is 18.2 Å². The highest BCUT2D eigenvalue weighted by Gasteiger charge is 2.32. The van der Waals surface area contributed by atoms with Gasteiger partial charge >= 0.3 is 0 Å². The Morgan fingerprint density at radius 2 is 2.10 bits per heavy atom. The second-order valence-electron chi connectivity index (χ2n) is 6.57. The molecule has 0 spiro atoms. The zero-order chi connectivity index (χ0) is 14.6. The van der Waals surface area contributed by atoms with E-state index in [1.54, 1.807) is 0 Å². The van der Waals surface area contributed by atoms with E-state index in [-0.39, 0.29) is 0 Å². The lowest BCUT2D eigenvalue weighted by molar-refractivity contribution is 0.217. The molecule has 0 radical (unpaired) electrons. The van der Waals surface area contributed by atoms with Crippen LogP contribution < -0.4 is 15.8 Å². The summed E-state index contributed by atoms with van der Waals surface area (Å²) in [4.78, 5) is 0. The van der Waals surface area contributed by atoms with Gasteiger partial charge in [-0.1, -0.05) is 33.6 Å². The summed E-state index contributed by atoms with van der Waals surface area (Å²) in [6.07, 6.45) is 6.17. The monoisotopic (exact) mass is 276 g/mol. The fourth-order valence-corrected chi connectivity index (χ4v) is 2.97. The standard InChI is InChI=1S/C17H28N2O/c1-4-9-20-15-11-13(18)10-14(12-15)19-16-7-5-6-8-17(16,2)3/h10-12,16,19H,4-9,18H2,1-3H3. The summed E-state index contributed by atoms with van der Waals surface area (Å²) in [6.45, 7) is 7.54. The molecule has 0 saturated heterocycles. The van der Waals surface area contributed by atoms with E-state index >= 15 is 0 Å². The Hall–Kier alpha value is -1.38. The van der Waals surface area contributed by atoms with Crippen LogP contribution >= 0.6 is 0 Å². The van der Waals surface area contributed by atoms with Gasteiger partial charge in [0, 0.05) is 29.5 Å². The molecule has 1 fully saturated rings. The molecule has 3 N–H and O–H groups in total. The maximum atomic E-state index is 5.98. The van der Waals surface area contributed by atoms with Crippen molar-refractivity contribution in [2.75, 3.05) is 17.7 Å². The highest BCUT2D eigenvalue weighted by Crippen LogP contribution is 2.37. The Morgan fingerprint density at radius 1 is 1.30 bits per heavy atom. The molecule has 0 bridgehead atoms. The second-order valence-corrected chi connectivity index (χ2v) is 6.57. The molecular weight excluding hydrogens is 248 g/mol. The van der Waals surface area contributed by atoms with E-state index in [4.69, 9.17) is 10.5 Å². The maximum absolute atomic E-state index is 5.98. The largest absolute Gasteiger partial charge is 0.493 e. The predicted molar refractivity (Wildman–Crippen MR) is 86.3 cm³/mol. The number of anilines is 2. The van der Waals surface area contributed by atoms with Crippen molar-refractivity contribution in [3.63, 3.8) is 0 Å². The lowest BCUT2D eigenvalue weighted by Gasteiger charge is -2.39. The molecule has 1 saturated carbocycles. The van der Waals surface area contributed by atoms with E-state index in [2.05, 4.69) is 32.2 Å². The van der Waals surface area contributed by atoms with E-state index < -0.39 is 0 Å². The Kier molecular flexibility index (Phi) is 4.79. The number of benzene rings is 1. The second kappa shape index (κ2) is 6.38. The van der Waals surface area contributed by atoms with E-state index in [1.807, 2.05) is 12.1 Å². The van der Waals surface area contributed by atoms with Crippen molar-refractivity contribution in [3.8, 4) is 5.75 Å². The van der Waals surface area contributed by atoms with Crippen LogP contribution in [-0.4, -0.2) is 12.6 Å². The topological polar surface area (TPSA) is 47.3 Å². The Bertz CT molecular complexity index is 443. The van der Waals surface area contributed by atoms with Gasteiger partial charge in [-0.05, 0) is 30.7 Å². The average molecular weight is 276 g/mol. The summed E-state index contributed by atoms with van der Waals surface area (Å²) < 4.78 is 5.70. The molecule has 1 aromatic carbocycles. The van der Waals surface area contributed by atoms with E-state index in [0.717, 1.165) is 30.2 Å². The molecule has 112 valence electrons. The third-order valence-electron chi connectivity index (χ3n) is 4.25. The van der Waals surface area contributed by atoms with Gasteiger partial charge in [0.25, 0.3) is 0 Å². The first-order valence-electron chi connectivity index (χ1n) is 7.81. The van der Waals surface area contributed by atoms with Crippen molar-refractivity contribution in [2.45, 2.75) is 58.9 Å². The number of nitrogens with one attached hydrogen (secondary N) is 1. The molecule has 2 rings (SSSR count). The minimum Gasteiger partial charge on any atom is -0.493 e. The lowest BCUT2D eigenvalue weighted by atomic mass is 9.73. The van der Waals surface area contributed by atoms with Crippen molar-refractivity contribution >= 4 is 11.4 Å². The van der Waals surface area contributed by atoms with Gasteiger partial charge in [0.2, 0.25) is 0 Å². The molecule has 1 aromatic rings. The van der Waals surface area contributed by atoms with Gasteiger partial charge in [-0.15, -0.1) is 0 Å². The van der Waals surface area contributed by atoms with Gasteiger partial charge in [0.15, 0.2) is 0 Å². The normalized spacial score (nSPS) is 21.4. The van der Waals surface area contributed by atoms with E-state index in [9.17, 15) is 0 Å². The quantitative estimate of drug-likeness (QED) is 0.782. The van der Waals surface area contributed by atoms with Crippen LogP contribution in [0.5, 0.6) is 5.75 Å². The number of rotatable bonds is 5. The van der Waals surface area contributed by atoms with Crippen LogP contribution in [0.3, 0.4) is 0 Å². The van der Waals surface area contributed by atoms with Gasteiger partial charge in [0.05, 0.1) is 6.61 Å². The molecule has 20 heavy (non-hydrogen) atoms. The van der Waals surface area contributed by atoms with Crippen molar-refractivity contribution in [1.29, 1.82) is 0 Å². The van der Waals surface area contributed by atoms with Gasteiger partial charge in [-0.2, -0.15) is 0 Å². The summed E-state index contributed by atoms with van der Waals surface area (Å²) in [7, 11) is 0. The van der Waals surface area contributed by atoms with Gasteiger partial charge in [0.1, 0.15) is 5.75 Å². The fourth-order valence-electron chi connectivity index (χ4n) is 2.97. The molecule has 0 amide bonds. The molecule has 1 unspecified atom stereocenters. The highest BCUT2D eigenvalue weighted by atomic mass is 16.5. The van der Waals surface area contributed by atoms with E-state index in [1.165, 1.54) is 25.7 Å². The van der Waals surface area contributed by atoms with Crippen molar-refractivity contribution in [2.24, 2.45) is 5.41 Å². The number of hydrogen-bond donors (Lipinski definition) is 2. The first kappa shape index (κ1) is 15.0. The number of nitrogens with two attached hydrogens (primary N) is 1. The lowest BCUT2D eigenvalue weighted by Crippen LogP contribution is -2.38. The summed E-state index contributed by atoms with van der Waals surface area (Å²) in [5.74, 6) is 0.864. The first-order valence-corrected chi connectivity index (χ1v) is 7.81. The summed E-state index contributed by atoms with van der Waals surface area (Å²) >= 11 is 0. The Labute approximate surface area is 122 Å². The van der Waals surface area contributed by atoms with Crippen LogP contribution in [0.2, 0.25) is 0 Å². The summed E-state index contributed by atoms with van der Waals surface area (Å²) in [5.41, 5.74) is 8.16. The van der Waals surface area contributed by atoms with Crippen LogP contribution in [0, 0.1) is 5.41 Å². The molecule has 0 heterocycles. The number of nitrogen functional groups attached to an aromatic ring is 1.